The number of hydrogen-bond donors (Lipinski definition) is 1. The summed E-state index contributed by atoms with van der Waals surface area (Å²) in [6.45, 7) is 2.00. The van der Waals surface area contributed by atoms with E-state index in [0.717, 1.165) is 18.6 Å². The molecule has 1 aromatic rings. The second-order valence-electron chi connectivity index (χ2n) is 3.88. The van der Waals surface area contributed by atoms with Crippen molar-refractivity contribution in [2.24, 2.45) is 0 Å². The Morgan fingerprint density at radius 1 is 1.62 bits per heavy atom. The fourth-order valence-electron chi connectivity index (χ4n) is 1.49. The molecule has 0 fully saturated rings. The third-order valence-corrected chi connectivity index (χ3v) is 2.62. The predicted molar refractivity (Wildman–Crippen MR) is 64.6 cm³/mol. The van der Waals surface area contributed by atoms with Crippen LogP contribution in [0.25, 0.3) is 0 Å². The number of carbonyl (C=O) groups excluding carboxylic acids is 1. The maximum atomic E-state index is 11.5. The van der Waals surface area contributed by atoms with Crippen molar-refractivity contribution < 1.29 is 9.21 Å². The summed E-state index contributed by atoms with van der Waals surface area (Å²) in [5.74, 6) is 1.56. The summed E-state index contributed by atoms with van der Waals surface area (Å²) in [6.07, 6.45) is 4.60. The van der Waals surface area contributed by atoms with Crippen molar-refractivity contribution >= 4 is 17.5 Å². The number of alkyl halides is 1. The van der Waals surface area contributed by atoms with E-state index in [1.165, 1.54) is 0 Å². The fourth-order valence-corrected chi connectivity index (χ4v) is 1.65. The van der Waals surface area contributed by atoms with E-state index in [2.05, 4.69) is 5.32 Å². The molecular weight excluding hydrogens is 226 g/mol. The van der Waals surface area contributed by atoms with Crippen LogP contribution in [0.2, 0.25) is 0 Å². The molecule has 0 saturated carbocycles. The third-order valence-electron chi connectivity index (χ3n) is 2.36. The zero-order chi connectivity index (χ0) is 11.8. The van der Waals surface area contributed by atoms with Crippen LogP contribution in [0.3, 0.4) is 0 Å². The molecule has 3 nitrogen and oxygen atoms in total. The van der Waals surface area contributed by atoms with Crippen LogP contribution in [0.15, 0.2) is 22.8 Å². The number of nitrogens with one attached hydrogen (secondary N) is 1. The van der Waals surface area contributed by atoms with E-state index < -0.39 is 0 Å². The smallest absolute Gasteiger partial charge is 0.220 e. The Hall–Kier alpha value is -0.960. The Bertz CT molecular complexity index is 298. The van der Waals surface area contributed by atoms with Crippen LogP contribution in [-0.4, -0.2) is 17.8 Å². The Kier molecular flexibility index (Phi) is 6.01. The first kappa shape index (κ1) is 13.1. The molecule has 1 rings (SSSR count). The first-order chi connectivity index (χ1) is 7.72. The van der Waals surface area contributed by atoms with Gasteiger partial charge in [0.2, 0.25) is 5.91 Å². The zero-order valence-electron chi connectivity index (χ0n) is 9.54. The van der Waals surface area contributed by atoms with Crippen LogP contribution in [-0.2, 0) is 11.2 Å². The van der Waals surface area contributed by atoms with Gasteiger partial charge in [-0.1, -0.05) is 0 Å². The van der Waals surface area contributed by atoms with E-state index >= 15 is 0 Å². The van der Waals surface area contributed by atoms with Crippen molar-refractivity contribution in [2.45, 2.75) is 38.6 Å². The topological polar surface area (TPSA) is 42.2 Å². The molecule has 16 heavy (non-hydrogen) atoms. The monoisotopic (exact) mass is 243 g/mol. The average molecular weight is 244 g/mol. The number of rotatable bonds is 7. The van der Waals surface area contributed by atoms with Gasteiger partial charge in [-0.25, -0.2) is 0 Å². The van der Waals surface area contributed by atoms with E-state index in [9.17, 15) is 4.79 Å². The Balaban J connectivity index is 2.15. The van der Waals surface area contributed by atoms with Gasteiger partial charge in [0.1, 0.15) is 5.76 Å². The lowest BCUT2D eigenvalue weighted by molar-refractivity contribution is -0.121. The highest BCUT2D eigenvalue weighted by molar-refractivity contribution is 6.17. The van der Waals surface area contributed by atoms with Gasteiger partial charge in [-0.15, -0.1) is 11.6 Å². The van der Waals surface area contributed by atoms with Gasteiger partial charge in [0.15, 0.2) is 0 Å². The van der Waals surface area contributed by atoms with Gasteiger partial charge in [0, 0.05) is 24.8 Å². The molecule has 0 aliphatic heterocycles. The number of carbonyl (C=O) groups is 1. The Morgan fingerprint density at radius 3 is 3.06 bits per heavy atom. The van der Waals surface area contributed by atoms with Crippen LogP contribution in [0.5, 0.6) is 0 Å². The lowest BCUT2D eigenvalue weighted by Crippen LogP contribution is -2.32. The summed E-state index contributed by atoms with van der Waals surface area (Å²) in [4.78, 5) is 11.5. The van der Waals surface area contributed by atoms with Crippen LogP contribution < -0.4 is 5.32 Å². The quantitative estimate of drug-likeness (QED) is 0.749. The number of halogens is 1. The standard InChI is InChI=1S/C12H18ClNO2/c1-10(4-2-8-13)14-12(15)7-6-11-5-3-9-16-11/h3,5,9-10H,2,4,6-8H2,1H3,(H,14,15). The maximum absolute atomic E-state index is 11.5. The number of aryl methyl sites for hydroxylation is 1. The molecular formula is C12H18ClNO2. The summed E-state index contributed by atoms with van der Waals surface area (Å²) in [5, 5.41) is 2.94. The number of amides is 1. The second-order valence-corrected chi connectivity index (χ2v) is 4.26. The van der Waals surface area contributed by atoms with Crippen LogP contribution in [0.4, 0.5) is 0 Å². The van der Waals surface area contributed by atoms with E-state index in [1.54, 1.807) is 6.26 Å². The molecule has 1 aromatic heterocycles. The van der Waals surface area contributed by atoms with E-state index in [4.69, 9.17) is 16.0 Å². The van der Waals surface area contributed by atoms with E-state index in [0.29, 0.717) is 18.7 Å². The molecule has 0 bridgehead atoms. The number of furan rings is 1. The minimum Gasteiger partial charge on any atom is -0.469 e. The highest BCUT2D eigenvalue weighted by Crippen LogP contribution is 2.04. The van der Waals surface area contributed by atoms with Gasteiger partial charge in [0.05, 0.1) is 6.26 Å². The van der Waals surface area contributed by atoms with Crippen molar-refractivity contribution in [3.05, 3.63) is 24.2 Å². The first-order valence-corrected chi connectivity index (χ1v) is 6.13. The number of hydrogen-bond acceptors (Lipinski definition) is 2. The van der Waals surface area contributed by atoms with Crippen LogP contribution in [0, 0.1) is 0 Å². The molecule has 90 valence electrons. The predicted octanol–water partition coefficient (Wildman–Crippen LogP) is 2.74. The van der Waals surface area contributed by atoms with Crippen molar-refractivity contribution in [3.8, 4) is 0 Å². The molecule has 1 heterocycles. The SMILES string of the molecule is CC(CCCCl)NC(=O)CCc1ccco1. The molecule has 0 aliphatic rings. The third kappa shape index (κ3) is 5.21. The highest BCUT2D eigenvalue weighted by atomic mass is 35.5. The molecule has 0 aromatic carbocycles. The van der Waals surface area contributed by atoms with Crippen molar-refractivity contribution in [3.63, 3.8) is 0 Å². The summed E-state index contributed by atoms with van der Waals surface area (Å²) < 4.78 is 5.16. The molecule has 1 amide bonds. The highest BCUT2D eigenvalue weighted by Gasteiger charge is 2.07. The molecule has 1 atom stereocenters. The lowest BCUT2D eigenvalue weighted by atomic mass is 10.2. The van der Waals surface area contributed by atoms with Gasteiger partial charge < -0.3 is 9.73 Å². The van der Waals surface area contributed by atoms with Gasteiger partial charge in [-0.3, -0.25) is 4.79 Å². The van der Waals surface area contributed by atoms with E-state index in [-0.39, 0.29) is 11.9 Å². The van der Waals surface area contributed by atoms with Crippen molar-refractivity contribution in [2.75, 3.05) is 5.88 Å². The molecule has 1 N–H and O–H groups in total. The molecule has 0 radical (unpaired) electrons. The van der Waals surface area contributed by atoms with Crippen molar-refractivity contribution in [1.29, 1.82) is 0 Å². The van der Waals surface area contributed by atoms with Gasteiger partial charge in [-0.2, -0.15) is 0 Å². The van der Waals surface area contributed by atoms with Crippen molar-refractivity contribution in [1.82, 2.24) is 5.32 Å². The maximum Gasteiger partial charge on any atom is 0.220 e. The Labute approximate surface area is 101 Å². The molecule has 1 unspecified atom stereocenters. The van der Waals surface area contributed by atoms with Crippen LogP contribution in [0.1, 0.15) is 31.9 Å². The minimum atomic E-state index is 0.0680. The van der Waals surface area contributed by atoms with E-state index in [1.807, 2.05) is 19.1 Å². The zero-order valence-corrected chi connectivity index (χ0v) is 10.3. The fraction of sp³-hybridized carbons (Fsp3) is 0.583. The molecule has 0 aliphatic carbocycles. The van der Waals surface area contributed by atoms with Gasteiger partial charge >= 0.3 is 0 Å². The minimum absolute atomic E-state index is 0.0680. The second kappa shape index (κ2) is 7.34. The first-order valence-electron chi connectivity index (χ1n) is 5.60. The summed E-state index contributed by atoms with van der Waals surface area (Å²) in [6, 6.07) is 3.91. The molecule has 0 saturated heterocycles. The molecule has 0 spiro atoms. The van der Waals surface area contributed by atoms with Crippen LogP contribution >= 0.6 is 11.6 Å². The van der Waals surface area contributed by atoms with Gasteiger partial charge in [0.25, 0.3) is 0 Å². The van der Waals surface area contributed by atoms with Gasteiger partial charge in [-0.05, 0) is 31.9 Å². The summed E-state index contributed by atoms with van der Waals surface area (Å²) in [7, 11) is 0. The molecule has 4 heteroatoms. The summed E-state index contributed by atoms with van der Waals surface area (Å²) in [5.41, 5.74) is 0. The average Bonchev–Trinajstić information content (AvgIpc) is 2.76. The lowest BCUT2D eigenvalue weighted by Gasteiger charge is -2.12. The Morgan fingerprint density at radius 2 is 2.44 bits per heavy atom. The largest absolute Gasteiger partial charge is 0.469 e. The normalized spacial score (nSPS) is 12.4. The summed E-state index contributed by atoms with van der Waals surface area (Å²) >= 11 is 5.59.